The second-order valence-corrected chi connectivity index (χ2v) is 4.49. The fraction of sp³-hybridized carbons (Fsp3) is 0.0714. The molecule has 2 aromatic rings. The van der Waals surface area contributed by atoms with Crippen molar-refractivity contribution < 1.29 is 26.9 Å². The molecule has 0 fully saturated rings. The maximum Gasteiger partial charge on any atom is 0.416 e. The molecule has 0 bridgehead atoms. The van der Waals surface area contributed by atoms with Gasteiger partial charge in [0, 0.05) is 6.07 Å². The lowest BCUT2D eigenvalue weighted by molar-refractivity contribution is -0.384. The molecule has 0 heterocycles. The molecule has 0 aliphatic carbocycles. The molecule has 0 amide bonds. The number of rotatable bonds is 4. The number of hydrogen-bond acceptors (Lipinski definition) is 4. The third-order valence-electron chi connectivity index (χ3n) is 2.90. The Morgan fingerprint density at radius 3 is 2.29 bits per heavy atom. The smallest absolute Gasteiger partial charge is 0.272 e. The minimum Gasteiger partial charge on any atom is -0.272 e. The van der Waals surface area contributed by atoms with Gasteiger partial charge in [-0.05, 0) is 24.3 Å². The Labute approximate surface area is 131 Å². The van der Waals surface area contributed by atoms with Crippen LogP contribution in [0.25, 0.3) is 0 Å². The van der Waals surface area contributed by atoms with E-state index in [-0.39, 0.29) is 5.69 Å². The third-order valence-corrected chi connectivity index (χ3v) is 2.90. The van der Waals surface area contributed by atoms with E-state index in [1.807, 2.05) is 0 Å². The Morgan fingerprint density at radius 2 is 1.75 bits per heavy atom. The minimum atomic E-state index is -4.75. The van der Waals surface area contributed by atoms with E-state index in [1.54, 1.807) is 0 Å². The van der Waals surface area contributed by atoms with E-state index in [0.29, 0.717) is 12.1 Å². The van der Waals surface area contributed by atoms with Gasteiger partial charge in [-0.2, -0.15) is 18.3 Å². The number of nitrogens with zero attached hydrogens (tertiary/aromatic N) is 2. The molecule has 2 rings (SSSR count). The van der Waals surface area contributed by atoms with Gasteiger partial charge in [0.05, 0.1) is 22.3 Å². The molecule has 0 unspecified atom stereocenters. The number of nitro benzene ring substituents is 1. The highest BCUT2D eigenvalue weighted by atomic mass is 19.4. The Balaban J connectivity index is 2.30. The Hall–Kier alpha value is -3.04. The number of benzene rings is 2. The molecular formula is C14H8F5N3O2. The topological polar surface area (TPSA) is 67.5 Å². The largest absolute Gasteiger partial charge is 0.416 e. The Morgan fingerprint density at radius 1 is 1.12 bits per heavy atom. The predicted molar refractivity (Wildman–Crippen MR) is 75.7 cm³/mol. The fourth-order valence-electron chi connectivity index (χ4n) is 1.75. The van der Waals surface area contributed by atoms with Gasteiger partial charge in [-0.25, -0.2) is 8.78 Å². The molecule has 5 nitrogen and oxygen atoms in total. The molecule has 0 aliphatic heterocycles. The first-order valence-corrected chi connectivity index (χ1v) is 6.29. The first-order valence-electron chi connectivity index (χ1n) is 6.29. The van der Waals surface area contributed by atoms with Crippen LogP contribution in [0, 0.1) is 21.7 Å². The molecule has 1 N–H and O–H groups in total. The van der Waals surface area contributed by atoms with Crippen molar-refractivity contribution in [2.45, 2.75) is 6.18 Å². The van der Waals surface area contributed by atoms with E-state index >= 15 is 0 Å². The van der Waals surface area contributed by atoms with Crippen molar-refractivity contribution in [1.82, 2.24) is 0 Å². The molecule has 126 valence electrons. The quantitative estimate of drug-likeness (QED) is 0.388. The van der Waals surface area contributed by atoms with Crippen LogP contribution in [-0.4, -0.2) is 11.1 Å². The van der Waals surface area contributed by atoms with Crippen molar-refractivity contribution in [2.75, 3.05) is 5.43 Å². The molecule has 0 spiro atoms. The molecule has 10 heteroatoms. The number of nitro groups is 1. The number of hydrazone groups is 1. The summed E-state index contributed by atoms with van der Waals surface area (Å²) >= 11 is 0. The maximum atomic E-state index is 13.4. The molecule has 0 aliphatic rings. The maximum absolute atomic E-state index is 13.4. The highest BCUT2D eigenvalue weighted by Gasteiger charge is 2.33. The van der Waals surface area contributed by atoms with Crippen LogP contribution >= 0.6 is 0 Å². The summed E-state index contributed by atoms with van der Waals surface area (Å²) < 4.78 is 64.5. The second-order valence-electron chi connectivity index (χ2n) is 4.49. The Bertz CT molecular complexity index is 785. The van der Waals surface area contributed by atoms with Crippen LogP contribution in [0.2, 0.25) is 0 Å². The van der Waals surface area contributed by atoms with Crippen molar-refractivity contribution in [3.8, 4) is 0 Å². The molecule has 0 saturated heterocycles. The van der Waals surface area contributed by atoms with Gasteiger partial charge in [0.1, 0.15) is 17.3 Å². The van der Waals surface area contributed by atoms with Crippen molar-refractivity contribution in [3.05, 3.63) is 69.3 Å². The zero-order valence-electron chi connectivity index (χ0n) is 11.6. The number of hydrogen-bond donors (Lipinski definition) is 1. The van der Waals surface area contributed by atoms with Crippen LogP contribution in [0.15, 0.2) is 41.5 Å². The van der Waals surface area contributed by atoms with Crippen LogP contribution in [0.5, 0.6) is 0 Å². The van der Waals surface area contributed by atoms with E-state index in [4.69, 9.17) is 0 Å². The van der Waals surface area contributed by atoms with Crippen LogP contribution < -0.4 is 5.43 Å². The van der Waals surface area contributed by atoms with Crippen molar-refractivity contribution in [2.24, 2.45) is 5.10 Å². The van der Waals surface area contributed by atoms with Crippen LogP contribution in [0.4, 0.5) is 33.3 Å². The van der Waals surface area contributed by atoms with Gasteiger partial charge in [0.2, 0.25) is 0 Å². The molecule has 0 radical (unpaired) electrons. The van der Waals surface area contributed by atoms with Crippen LogP contribution in [-0.2, 0) is 6.18 Å². The summed E-state index contributed by atoms with van der Waals surface area (Å²) in [7, 11) is 0. The van der Waals surface area contributed by atoms with Gasteiger partial charge < -0.3 is 0 Å². The van der Waals surface area contributed by atoms with Crippen molar-refractivity contribution in [3.63, 3.8) is 0 Å². The third kappa shape index (κ3) is 3.83. The summed E-state index contributed by atoms with van der Waals surface area (Å²) in [5.74, 6) is -1.83. The van der Waals surface area contributed by atoms with E-state index in [0.717, 1.165) is 30.5 Å². The van der Waals surface area contributed by atoms with Gasteiger partial charge in [-0.15, -0.1) is 0 Å². The number of halogens is 5. The van der Waals surface area contributed by atoms with E-state index < -0.39 is 39.5 Å². The molecule has 2 aromatic carbocycles. The first kappa shape index (κ1) is 17.3. The van der Waals surface area contributed by atoms with Crippen molar-refractivity contribution in [1.29, 1.82) is 0 Å². The standard InChI is InChI=1S/C14H8F5N3O2/c15-10-2-1-3-11(16)9(10)7-20-21-12-5-4-8(14(17,18)19)6-13(12)22(23)24/h1-7,21H/b20-7+. The van der Waals surface area contributed by atoms with Gasteiger partial charge >= 0.3 is 6.18 Å². The zero-order valence-corrected chi connectivity index (χ0v) is 11.6. The summed E-state index contributed by atoms with van der Waals surface area (Å²) in [4.78, 5) is 9.84. The molecular weight excluding hydrogens is 337 g/mol. The highest BCUT2D eigenvalue weighted by Crippen LogP contribution is 2.34. The Kier molecular flexibility index (Phi) is 4.77. The average molecular weight is 345 g/mol. The van der Waals surface area contributed by atoms with Gasteiger partial charge in [-0.1, -0.05) is 6.07 Å². The second kappa shape index (κ2) is 6.60. The predicted octanol–water partition coefficient (Wildman–Crippen LogP) is 4.34. The summed E-state index contributed by atoms with van der Waals surface area (Å²) in [5.41, 5.74) is -0.841. The molecule has 0 atom stereocenters. The summed E-state index contributed by atoms with van der Waals surface area (Å²) in [5, 5.41) is 14.3. The number of nitrogens with one attached hydrogen (secondary N) is 1. The van der Waals surface area contributed by atoms with Crippen molar-refractivity contribution >= 4 is 17.6 Å². The SMILES string of the molecule is O=[N+]([O-])c1cc(C(F)(F)F)ccc1N/N=C/c1c(F)cccc1F. The summed E-state index contributed by atoms with van der Waals surface area (Å²) in [6.45, 7) is 0. The molecule has 0 aromatic heterocycles. The van der Waals surface area contributed by atoms with Gasteiger partial charge in [0.25, 0.3) is 5.69 Å². The zero-order chi connectivity index (χ0) is 17.9. The normalized spacial score (nSPS) is 11.7. The average Bonchev–Trinajstić information content (AvgIpc) is 2.49. The monoisotopic (exact) mass is 345 g/mol. The molecule has 24 heavy (non-hydrogen) atoms. The molecule has 0 saturated carbocycles. The lowest BCUT2D eigenvalue weighted by Gasteiger charge is -2.08. The van der Waals surface area contributed by atoms with Crippen LogP contribution in [0.3, 0.4) is 0 Å². The van der Waals surface area contributed by atoms with E-state index in [2.05, 4.69) is 10.5 Å². The van der Waals surface area contributed by atoms with E-state index in [1.165, 1.54) is 0 Å². The highest BCUT2D eigenvalue weighted by molar-refractivity contribution is 5.81. The van der Waals surface area contributed by atoms with Crippen LogP contribution in [0.1, 0.15) is 11.1 Å². The fourth-order valence-corrected chi connectivity index (χ4v) is 1.75. The lowest BCUT2D eigenvalue weighted by Crippen LogP contribution is -2.07. The first-order chi connectivity index (χ1) is 11.2. The summed E-state index contributed by atoms with van der Waals surface area (Å²) in [6.07, 6.45) is -4.02. The summed E-state index contributed by atoms with van der Waals surface area (Å²) in [6, 6.07) is 4.85. The van der Waals surface area contributed by atoms with Gasteiger partial charge in [0.15, 0.2) is 0 Å². The number of alkyl halides is 3. The lowest BCUT2D eigenvalue weighted by atomic mass is 10.1. The number of anilines is 1. The van der Waals surface area contributed by atoms with E-state index in [9.17, 15) is 32.1 Å². The van der Waals surface area contributed by atoms with Gasteiger partial charge in [-0.3, -0.25) is 15.5 Å². The minimum absolute atomic E-state index is 0.335.